The van der Waals surface area contributed by atoms with E-state index in [2.05, 4.69) is 27.3 Å². The van der Waals surface area contributed by atoms with Gasteiger partial charge in [-0.15, -0.1) is 15.0 Å². The van der Waals surface area contributed by atoms with Crippen molar-refractivity contribution >= 4 is 35.0 Å². The quantitative estimate of drug-likeness (QED) is 0.355. The molecule has 5 heterocycles. The second-order valence-corrected chi connectivity index (χ2v) is 11.2. The first kappa shape index (κ1) is 26.4. The molecule has 0 bridgehead atoms. The maximum Gasteiger partial charge on any atom is 0.273 e. The van der Waals surface area contributed by atoms with E-state index in [1.165, 1.54) is 4.80 Å². The summed E-state index contributed by atoms with van der Waals surface area (Å²) in [6.45, 7) is 8.57. The number of carbonyl (C=O) groups excluding carboxylic acids is 2. The Hall–Kier alpha value is -3.83. The number of carbonyl (C=O) groups is 2. The van der Waals surface area contributed by atoms with Crippen LogP contribution < -0.4 is 0 Å². The molecule has 0 saturated heterocycles. The third kappa shape index (κ3) is 4.43. The van der Waals surface area contributed by atoms with Gasteiger partial charge in [-0.25, -0.2) is 4.98 Å². The standard InChI is InChI=1S/C27H27Cl2N9O2/c1-14-9-23-20(13-35(14)26(39)18-5-7-21(28)22(29)10-18)25-27(40)36(12-15(2)37(25)33-23)16(3)19-6-8-24(30-11-19)38-32-17(4)31-34-38/h5-8,10-11,14-16H,9,12-13H2,1-4H3/t14-,15-,16+/m1/s1. The number of rotatable bonds is 4. The summed E-state index contributed by atoms with van der Waals surface area (Å²) in [4.78, 5) is 36.9. The molecule has 0 fully saturated rings. The molecule has 13 heteroatoms. The Morgan fingerprint density at radius 3 is 2.55 bits per heavy atom. The maximum absolute atomic E-state index is 14.0. The van der Waals surface area contributed by atoms with Crippen LogP contribution in [0.5, 0.6) is 0 Å². The maximum atomic E-state index is 14.0. The number of halogens is 2. The van der Waals surface area contributed by atoms with Crippen LogP contribution in [0.2, 0.25) is 10.0 Å². The van der Waals surface area contributed by atoms with Crippen molar-refractivity contribution in [3.8, 4) is 5.82 Å². The molecule has 2 aliphatic rings. The van der Waals surface area contributed by atoms with E-state index in [4.69, 9.17) is 28.3 Å². The lowest BCUT2D eigenvalue weighted by Gasteiger charge is -2.37. The van der Waals surface area contributed by atoms with E-state index in [1.54, 1.807) is 36.2 Å². The molecule has 0 saturated carbocycles. The van der Waals surface area contributed by atoms with Crippen LogP contribution in [0.1, 0.15) is 76.3 Å². The van der Waals surface area contributed by atoms with E-state index in [0.29, 0.717) is 45.9 Å². The fraction of sp³-hybridized carbons (Fsp3) is 0.370. The van der Waals surface area contributed by atoms with Crippen molar-refractivity contribution < 1.29 is 9.59 Å². The number of hydrogen-bond donors (Lipinski definition) is 0. The molecule has 0 spiro atoms. The fourth-order valence-electron chi connectivity index (χ4n) is 5.41. The van der Waals surface area contributed by atoms with E-state index in [9.17, 15) is 9.59 Å². The average molecular weight is 580 g/mol. The number of tetrazole rings is 1. The molecule has 1 aromatic carbocycles. The van der Waals surface area contributed by atoms with E-state index >= 15 is 0 Å². The molecular formula is C27H27Cl2N9O2. The molecule has 4 aromatic rings. The van der Waals surface area contributed by atoms with Crippen LogP contribution >= 0.6 is 23.2 Å². The lowest BCUT2D eigenvalue weighted by Crippen LogP contribution is -2.45. The monoisotopic (exact) mass is 579 g/mol. The summed E-state index contributed by atoms with van der Waals surface area (Å²) < 4.78 is 1.83. The van der Waals surface area contributed by atoms with Gasteiger partial charge in [-0.3, -0.25) is 14.3 Å². The molecule has 0 radical (unpaired) electrons. The van der Waals surface area contributed by atoms with Crippen molar-refractivity contribution in [1.29, 1.82) is 0 Å². The summed E-state index contributed by atoms with van der Waals surface area (Å²) in [5.41, 5.74) is 3.52. The van der Waals surface area contributed by atoms with Crippen molar-refractivity contribution in [2.75, 3.05) is 6.54 Å². The molecule has 3 atom stereocenters. The minimum Gasteiger partial charge on any atom is -0.331 e. The molecule has 206 valence electrons. The van der Waals surface area contributed by atoms with Gasteiger partial charge in [0, 0.05) is 36.3 Å². The number of hydrogen-bond acceptors (Lipinski definition) is 7. The SMILES string of the molecule is Cc1nnn(-c2ccc([C@H](C)N3C[C@@H](C)n4nc5c(c4C3=O)CN(C(=O)c3ccc(Cl)c(Cl)c3)[C@H](C)C5)cn2)n1. The summed E-state index contributed by atoms with van der Waals surface area (Å²) in [6.07, 6.45) is 2.29. The Kier molecular flexibility index (Phi) is 6.58. The number of aryl methyl sites for hydroxylation is 1. The van der Waals surface area contributed by atoms with Gasteiger partial charge in [0.25, 0.3) is 11.8 Å². The van der Waals surface area contributed by atoms with Crippen LogP contribution in [0.3, 0.4) is 0 Å². The molecule has 3 aromatic heterocycles. The van der Waals surface area contributed by atoms with Gasteiger partial charge < -0.3 is 9.80 Å². The van der Waals surface area contributed by atoms with Crippen LogP contribution in [0, 0.1) is 6.92 Å². The summed E-state index contributed by atoms with van der Waals surface area (Å²) in [5, 5.41) is 17.6. The third-order valence-electron chi connectivity index (χ3n) is 7.65. The normalized spacial score (nSPS) is 19.4. The molecule has 6 rings (SSSR count). The smallest absolute Gasteiger partial charge is 0.273 e. The largest absolute Gasteiger partial charge is 0.331 e. The topological polar surface area (TPSA) is 115 Å². The first-order valence-corrected chi connectivity index (χ1v) is 13.8. The molecular weight excluding hydrogens is 553 g/mol. The zero-order valence-electron chi connectivity index (χ0n) is 22.4. The minimum absolute atomic E-state index is 0.0372. The van der Waals surface area contributed by atoms with Crippen molar-refractivity contribution in [3.63, 3.8) is 0 Å². The van der Waals surface area contributed by atoms with Gasteiger partial charge in [0.05, 0.1) is 34.4 Å². The van der Waals surface area contributed by atoms with E-state index in [1.807, 2.05) is 35.6 Å². The summed E-state index contributed by atoms with van der Waals surface area (Å²) in [6, 6.07) is 8.23. The number of benzene rings is 1. The fourth-order valence-corrected chi connectivity index (χ4v) is 5.71. The van der Waals surface area contributed by atoms with Crippen LogP contribution in [0.25, 0.3) is 5.82 Å². The summed E-state index contributed by atoms with van der Waals surface area (Å²) in [7, 11) is 0. The lowest BCUT2D eigenvalue weighted by atomic mass is 9.96. The highest BCUT2D eigenvalue weighted by Gasteiger charge is 2.40. The van der Waals surface area contributed by atoms with Gasteiger partial charge >= 0.3 is 0 Å². The van der Waals surface area contributed by atoms with Gasteiger partial charge in [-0.05, 0) is 62.7 Å². The number of fused-ring (bicyclic) bond motifs is 3. The van der Waals surface area contributed by atoms with E-state index < -0.39 is 0 Å². The second-order valence-electron chi connectivity index (χ2n) is 10.4. The number of nitrogens with zero attached hydrogens (tertiary/aromatic N) is 9. The first-order chi connectivity index (χ1) is 19.1. The highest BCUT2D eigenvalue weighted by Crippen LogP contribution is 2.35. The average Bonchev–Trinajstić information content (AvgIpc) is 3.55. The molecule has 0 N–H and O–H groups in total. The number of aromatic nitrogens is 7. The van der Waals surface area contributed by atoms with Crippen molar-refractivity contribution in [3.05, 3.63) is 80.5 Å². The van der Waals surface area contributed by atoms with Crippen LogP contribution in [0.15, 0.2) is 36.5 Å². The van der Waals surface area contributed by atoms with Crippen molar-refractivity contribution in [1.82, 2.24) is 44.8 Å². The molecule has 0 unspecified atom stereocenters. The number of pyridine rings is 1. The van der Waals surface area contributed by atoms with E-state index in [-0.39, 0.29) is 36.5 Å². The van der Waals surface area contributed by atoms with E-state index in [0.717, 1.165) is 16.8 Å². The van der Waals surface area contributed by atoms with Crippen molar-refractivity contribution in [2.24, 2.45) is 0 Å². The first-order valence-electron chi connectivity index (χ1n) is 13.0. The molecule has 11 nitrogen and oxygen atoms in total. The summed E-state index contributed by atoms with van der Waals surface area (Å²) in [5.74, 6) is 0.816. The molecule has 0 aliphatic carbocycles. The Morgan fingerprint density at radius 2 is 1.88 bits per heavy atom. The van der Waals surface area contributed by atoms with Crippen LogP contribution in [0.4, 0.5) is 0 Å². The lowest BCUT2D eigenvalue weighted by molar-refractivity contribution is 0.0574. The van der Waals surface area contributed by atoms with Gasteiger partial charge in [0.2, 0.25) is 0 Å². The minimum atomic E-state index is -0.238. The van der Waals surface area contributed by atoms with Gasteiger partial charge in [-0.1, -0.05) is 29.3 Å². The van der Waals surface area contributed by atoms with Crippen LogP contribution in [-0.4, -0.2) is 69.2 Å². The Balaban J connectivity index is 1.28. The Bertz CT molecular complexity index is 1630. The Morgan fingerprint density at radius 1 is 1.07 bits per heavy atom. The van der Waals surface area contributed by atoms with Gasteiger partial charge in [0.15, 0.2) is 11.6 Å². The molecule has 2 aliphatic heterocycles. The number of amides is 2. The van der Waals surface area contributed by atoms with Crippen LogP contribution in [-0.2, 0) is 13.0 Å². The predicted octanol–water partition coefficient (Wildman–Crippen LogP) is 4.23. The Labute approximate surface area is 240 Å². The zero-order valence-corrected chi connectivity index (χ0v) is 23.9. The highest BCUT2D eigenvalue weighted by atomic mass is 35.5. The van der Waals surface area contributed by atoms with Gasteiger partial charge in [-0.2, -0.15) is 5.10 Å². The van der Waals surface area contributed by atoms with Crippen molar-refractivity contribution in [2.45, 2.75) is 58.8 Å². The summed E-state index contributed by atoms with van der Waals surface area (Å²) >= 11 is 12.2. The highest BCUT2D eigenvalue weighted by molar-refractivity contribution is 6.42. The second kappa shape index (κ2) is 9.97. The van der Waals surface area contributed by atoms with Gasteiger partial charge in [0.1, 0.15) is 5.69 Å². The third-order valence-corrected chi connectivity index (χ3v) is 8.39. The zero-order chi connectivity index (χ0) is 28.3. The molecule has 40 heavy (non-hydrogen) atoms. The predicted molar refractivity (Wildman–Crippen MR) is 148 cm³/mol. The molecule has 2 amide bonds.